The quantitative estimate of drug-likeness (QED) is 0.652. The van der Waals surface area contributed by atoms with Gasteiger partial charge in [0.05, 0.1) is 15.7 Å². The first kappa shape index (κ1) is 18.5. The van der Waals surface area contributed by atoms with Crippen LogP contribution in [0.3, 0.4) is 0 Å². The van der Waals surface area contributed by atoms with Crippen LogP contribution in [0.15, 0.2) is 18.2 Å². The number of halogens is 3. The number of nitrogens with zero attached hydrogens (tertiary/aromatic N) is 1. The largest absolute Gasteiger partial charge is 0.418 e. The van der Waals surface area contributed by atoms with E-state index < -0.39 is 43.5 Å². The van der Waals surface area contributed by atoms with Gasteiger partial charge in [0, 0.05) is 30.1 Å². The molecular formula is C14H17F3N2O4S. The third-order valence-corrected chi connectivity index (χ3v) is 5.75. The van der Waals surface area contributed by atoms with Gasteiger partial charge in [0.1, 0.15) is 9.84 Å². The average molecular weight is 366 g/mol. The fourth-order valence-corrected chi connectivity index (χ4v) is 4.07. The van der Waals surface area contributed by atoms with E-state index in [-0.39, 0.29) is 12.1 Å². The lowest BCUT2D eigenvalue weighted by molar-refractivity contribution is -0.385. The van der Waals surface area contributed by atoms with Crippen molar-refractivity contribution < 1.29 is 26.5 Å². The fraction of sp³-hybridized carbons (Fsp3) is 0.571. The fourth-order valence-electron chi connectivity index (χ4n) is 2.89. The summed E-state index contributed by atoms with van der Waals surface area (Å²) in [4.78, 5) is 9.80. The van der Waals surface area contributed by atoms with Crippen molar-refractivity contribution in [2.75, 3.05) is 11.6 Å². The van der Waals surface area contributed by atoms with E-state index in [1.54, 1.807) is 0 Å². The van der Waals surface area contributed by atoms with Crippen LogP contribution in [0, 0.1) is 10.1 Å². The molecule has 0 radical (unpaired) electrons. The zero-order valence-electron chi connectivity index (χ0n) is 12.8. The van der Waals surface area contributed by atoms with Gasteiger partial charge in [-0.1, -0.05) is 6.42 Å². The predicted octanol–water partition coefficient (Wildman–Crippen LogP) is 3.38. The van der Waals surface area contributed by atoms with Gasteiger partial charge in [-0.05, 0) is 25.3 Å². The highest BCUT2D eigenvalue weighted by Crippen LogP contribution is 2.38. The van der Waals surface area contributed by atoms with Crippen LogP contribution in [0.1, 0.15) is 31.2 Å². The number of benzene rings is 1. The maximum atomic E-state index is 13.2. The van der Waals surface area contributed by atoms with Crippen LogP contribution >= 0.6 is 0 Å². The number of hydrogen-bond donors (Lipinski definition) is 1. The summed E-state index contributed by atoms with van der Waals surface area (Å²) in [5.41, 5.74) is -2.05. The van der Waals surface area contributed by atoms with Gasteiger partial charge in [0.2, 0.25) is 0 Å². The molecule has 0 amide bonds. The Labute approximate surface area is 137 Å². The van der Waals surface area contributed by atoms with E-state index in [1.807, 2.05) is 0 Å². The van der Waals surface area contributed by atoms with Crippen LogP contribution in [0.2, 0.25) is 0 Å². The highest BCUT2D eigenvalue weighted by atomic mass is 32.2. The lowest BCUT2D eigenvalue weighted by atomic mass is 9.94. The van der Waals surface area contributed by atoms with Crippen molar-refractivity contribution in [3.8, 4) is 0 Å². The number of rotatable bonds is 4. The van der Waals surface area contributed by atoms with Crippen LogP contribution in [-0.4, -0.2) is 30.9 Å². The molecule has 1 aliphatic rings. The van der Waals surface area contributed by atoms with E-state index >= 15 is 0 Å². The Bertz CT molecular complexity index is 734. The van der Waals surface area contributed by atoms with Crippen molar-refractivity contribution in [3.63, 3.8) is 0 Å². The molecule has 1 N–H and O–H groups in total. The van der Waals surface area contributed by atoms with Crippen LogP contribution < -0.4 is 5.32 Å². The van der Waals surface area contributed by atoms with Gasteiger partial charge in [0.15, 0.2) is 0 Å². The number of nitrogens with one attached hydrogen (secondary N) is 1. The number of alkyl halides is 3. The van der Waals surface area contributed by atoms with E-state index in [9.17, 15) is 31.7 Å². The van der Waals surface area contributed by atoms with Crippen molar-refractivity contribution in [1.82, 2.24) is 0 Å². The Kier molecular flexibility index (Phi) is 5.07. The first-order chi connectivity index (χ1) is 11.0. The molecule has 134 valence electrons. The molecule has 10 heteroatoms. The van der Waals surface area contributed by atoms with Gasteiger partial charge < -0.3 is 5.32 Å². The molecular weight excluding hydrogens is 349 g/mol. The molecule has 0 saturated heterocycles. The van der Waals surface area contributed by atoms with Gasteiger partial charge in [-0.15, -0.1) is 0 Å². The van der Waals surface area contributed by atoms with Crippen LogP contribution in [0.4, 0.5) is 24.5 Å². The summed E-state index contributed by atoms with van der Waals surface area (Å²) in [6.07, 6.45) is -1.80. The van der Waals surface area contributed by atoms with Crippen molar-refractivity contribution in [2.24, 2.45) is 0 Å². The van der Waals surface area contributed by atoms with E-state index in [0.717, 1.165) is 18.4 Å². The van der Waals surface area contributed by atoms with E-state index in [0.29, 0.717) is 25.3 Å². The predicted molar refractivity (Wildman–Crippen MR) is 82.6 cm³/mol. The first-order valence-electron chi connectivity index (χ1n) is 7.29. The summed E-state index contributed by atoms with van der Waals surface area (Å²) in [5, 5.41) is 12.8. The number of anilines is 1. The lowest BCUT2D eigenvalue weighted by Crippen LogP contribution is -2.34. The molecule has 0 bridgehead atoms. The summed E-state index contributed by atoms with van der Waals surface area (Å²) in [7, 11) is -3.26. The van der Waals surface area contributed by atoms with Crippen LogP contribution in [-0.2, 0) is 16.0 Å². The molecule has 2 rings (SSSR count). The summed E-state index contributed by atoms with van der Waals surface area (Å²) >= 11 is 0. The van der Waals surface area contributed by atoms with E-state index in [1.165, 1.54) is 0 Å². The zero-order valence-corrected chi connectivity index (χ0v) is 13.7. The molecule has 2 atom stereocenters. The minimum atomic E-state index is -4.75. The third-order valence-electron chi connectivity index (χ3n) is 4.11. The van der Waals surface area contributed by atoms with Crippen LogP contribution in [0.5, 0.6) is 0 Å². The average Bonchev–Trinajstić information content (AvgIpc) is 2.45. The normalized spacial score (nSPS) is 22.2. The topological polar surface area (TPSA) is 89.3 Å². The Morgan fingerprint density at radius 1 is 1.29 bits per heavy atom. The molecule has 1 aromatic rings. The second-order valence-corrected chi connectivity index (χ2v) is 8.27. The second kappa shape index (κ2) is 6.58. The van der Waals surface area contributed by atoms with Crippen molar-refractivity contribution in [1.29, 1.82) is 0 Å². The molecule has 6 nitrogen and oxygen atoms in total. The Morgan fingerprint density at radius 2 is 1.96 bits per heavy atom. The van der Waals surface area contributed by atoms with Gasteiger partial charge in [-0.3, -0.25) is 10.1 Å². The number of hydrogen-bond acceptors (Lipinski definition) is 5. The number of nitro benzene ring substituents is 1. The number of sulfone groups is 1. The first-order valence-corrected chi connectivity index (χ1v) is 9.25. The monoisotopic (exact) mass is 366 g/mol. The molecule has 1 aromatic carbocycles. The Hall–Kier alpha value is -1.84. The van der Waals surface area contributed by atoms with Gasteiger partial charge in [-0.2, -0.15) is 13.2 Å². The van der Waals surface area contributed by atoms with Crippen molar-refractivity contribution in [2.45, 2.75) is 43.2 Å². The molecule has 1 saturated carbocycles. The van der Waals surface area contributed by atoms with Gasteiger partial charge in [-0.25, -0.2) is 8.42 Å². The zero-order chi connectivity index (χ0) is 18.1. The van der Waals surface area contributed by atoms with Crippen LogP contribution in [0.25, 0.3) is 0 Å². The summed E-state index contributed by atoms with van der Waals surface area (Å²) in [6, 6.07) is 2.07. The second-order valence-electron chi connectivity index (χ2n) is 5.94. The van der Waals surface area contributed by atoms with Gasteiger partial charge >= 0.3 is 6.18 Å². The molecule has 0 spiro atoms. The van der Waals surface area contributed by atoms with E-state index in [4.69, 9.17) is 0 Å². The molecule has 24 heavy (non-hydrogen) atoms. The maximum absolute atomic E-state index is 13.2. The Balaban J connectivity index is 2.27. The summed E-state index contributed by atoms with van der Waals surface area (Å²) < 4.78 is 62.8. The minimum absolute atomic E-state index is 0.215. The smallest absolute Gasteiger partial charge is 0.382 e. The number of non-ortho nitro benzene ring substituents is 1. The molecule has 1 aliphatic carbocycles. The summed E-state index contributed by atoms with van der Waals surface area (Å²) in [6.45, 7) is 0. The maximum Gasteiger partial charge on any atom is 0.418 e. The Morgan fingerprint density at radius 3 is 2.50 bits per heavy atom. The third kappa shape index (κ3) is 4.37. The highest BCUT2D eigenvalue weighted by Gasteiger charge is 2.36. The lowest BCUT2D eigenvalue weighted by Gasteiger charge is -2.30. The minimum Gasteiger partial charge on any atom is -0.382 e. The molecule has 0 aromatic heterocycles. The SMILES string of the molecule is CS(=O)(=O)C1CCCC(Nc2ccc([N+](=O)[O-])cc2C(F)(F)F)C1. The molecule has 0 aliphatic heterocycles. The van der Waals surface area contributed by atoms with E-state index in [2.05, 4.69) is 5.32 Å². The van der Waals surface area contributed by atoms with Crippen molar-refractivity contribution in [3.05, 3.63) is 33.9 Å². The molecule has 0 heterocycles. The van der Waals surface area contributed by atoms with Gasteiger partial charge in [0.25, 0.3) is 5.69 Å². The summed E-state index contributed by atoms with van der Waals surface area (Å²) in [5.74, 6) is 0. The number of nitro groups is 1. The highest BCUT2D eigenvalue weighted by molar-refractivity contribution is 7.91. The standard InChI is InChI=1S/C14H17F3N2O4S/c1-24(22,23)11-4-2-3-9(7-11)18-13-6-5-10(19(20)21)8-12(13)14(15,16)17/h5-6,8-9,11,18H,2-4,7H2,1H3. The van der Waals surface area contributed by atoms with Crippen molar-refractivity contribution >= 4 is 21.2 Å². The molecule has 1 fully saturated rings. The molecule has 2 unspecified atom stereocenters.